The van der Waals surface area contributed by atoms with Crippen molar-refractivity contribution in [2.45, 2.75) is 38.8 Å². The first kappa shape index (κ1) is 26.2. The largest absolute Gasteiger partial charge is 0.484 e. The van der Waals surface area contributed by atoms with Crippen molar-refractivity contribution in [3.8, 4) is 5.75 Å². The number of ether oxygens (including phenoxy) is 1. The molecule has 2 aromatic rings. The fourth-order valence-electron chi connectivity index (χ4n) is 3.53. The van der Waals surface area contributed by atoms with Crippen LogP contribution in [0.5, 0.6) is 5.75 Å². The molecule has 0 spiro atoms. The van der Waals surface area contributed by atoms with E-state index in [-0.39, 0.29) is 23.2 Å². The normalized spacial score (nSPS) is 16.3. The Morgan fingerprint density at radius 2 is 2.00 bits per heavy atom. The highest BCUT2D eigenvalue weighted by Gasteiger charge is 2.45. The molecule has 3 N–H and O–H groups in total. The molecule has 1 unspecified atom stereocenters. The van der Waals surface area contributed by atoms with E-state index in [1.165, 1.54) is 24.4 Å². The summed E-state index contributed by atoms with van der Waals surface area (Å²) in [4.78, 5) is 12.7. The van der Waals surface area contributed by atoms with Crippen molar-refractivity contribution in [3.63, 3.8) is 0 Å². The Kier molecular flexibility index (Phi) is 8.88. The van der Waals surface area contributed by atoms with E-state index in [1.807, 2.05) is 32.0 Å². The molecule has 1 aliphatic carbocycles. The molecule has 5 nitrogen and oxygen atoms in total. The van der Waals surface area contributed by atoms with Gasteiger partial charge in [-0.2, -0.15) is 0 Å². The third-order valence-corrected chi connectivity index (χ3v) is 6.22. The zero-order valence-corrected chi connectivity index (χ0v) is 20.7. The standard InChI is InChI=1S/C28H31ClFN3O2/c1-4-6-23(30)7-5-16-32-25-13-12-24(17-21(25)18-31)35-26(20-8-10-22(29)11-9-20)19(2)33-27(34)28(3)14-15-28/h4-13,17-19,26,31-32H,1,14-16H2,2-3H3,(H,33,34)/b7-5-,23-6+,31-18?/t19?,26-/m0/s1. The number of hydrogen-bond donors (Lipinski definition) is 3. The van der Waals surface area contributed by atoms with E-state index in [9.17, 15) is 9.18 Å². The highest BCUT2D eigenvalue weighted by molar-refractivity contribution is 6.30. The van der Waals surface area contributed by atoms with Crippen LogP contribution in [0.3, 0.4) is 0 Å². The summed E-state index contributed by atoms with van der Waals surface area (Å²) < 4.78 is 19.8. The fraction of sp³-hybridized carbons (Fsp3) is 0.286. The van der Waals surface area contributed by atoms with Gasteiger partial charge in [-0.3, -0.25) is 4.79 Å². The molecule has 1 saturated carbocycles. The summed E-state index contributed by atoms with van der Waals surface area (Å²) in [6.07, 6.45) is 8.21. The van der Waals surface area contributed by atoms with Crippen molar-refractivity contribution in [3.05, 3.63) is 95.3 Å². The molecule has 2 aromatic carbocycles. The Morgan fingerprint density at radius 3 is 2.63 bits per heavy atom. The van der Waals surface area contributed by atoms with E-state index < -0.39 is 6.10 Å². The Balaban J connectivity index is 1.76. The van der Waals surface area contributed by atoms with Crippen LogP contribution in [0.2, 0.25) is 5.02 Å². The van der Waals surface area contributed by atoms with Crippen molar-refractivity contribution in [2.24, 2.45) is 5.41 Å². The minimum Gasteiger partial charge on any atom is -0.484 e. The van der Waals surface area contributed by atoms with Crippen molar-refractivity contribution >= 4 is 29.4 Å². The number of carbonyl (C=O) groups excluding carboxylic acids is 1. The van der Waals surface area contributed by atoms with Crippen molar-refractivity contribution in [2.75, 3.05) is 11.9 Å². The summed E-state index contributed by atoms with van der Waals surface area (Å²) in [7, 11) is 0. The average molecular weight is 496 g/mol. The first-order valence-electron chi connectivity index (χ1n) is 11.5. The van der Waals surface area contributed by atoms with Gasteiger partial charge >= 0.3 is 0 Å². The van der Waals surface area contributed by atoms with Crippen LogP contribution in [-0.2, 0) is 4.79 Å². The smallest absolute Gasteiger partial charge is 0.226 e. The van der Waals surface area contributed by atoms with E-state index in [0.29, 0.717) is 22.9 Å². The first-order chi connectivity index (χ1) is 16.8. The topological polar surface area (TPSA) is 74.2 Å². The van der Waals surface area contributed by atoms with E-state index in [1.54, 1.807) is 30.3 Å². The van der Waals surface area contributed by atoms with Crippen molar-refractivity contribution in [1.29, 1.82) is 5.41 Å². The third kappa shape index (κ3) is 7.30. The Hall–Kier alpha value is -3.38. The maximum Gasteiger partial charge on any atom is 0.226 e. The quantitative estimate of drug-likeness (QED) is 0.225. The minimum absolute atomic E-state index is 0.0275. The summed E-state index contributed by atoms with van der Waals surface area (Å²) in [5.74, 6) is 0.200. The lowest BCUT2D eigenvalue weighted by atomic mass is 10.0. The predicted molar refractivity (Wildman–Crippen MR) is 141 cm³/mol. The number of nitrogens with one attached hydrogen (secondary N) is 3. The lowest BCUT2D eigenvalue weighted by Crippen LogP contribution is -2.42. The second-order valence-electron chi connectivity index (χ2n) is 8.88. The van der Waals surface area contributed by atoms with E-state index in [4.69, 9.17) is 21.7 Å². The molecule has 0 radical (unpaired) electrons. The highest BCUT2D eigenvalue weighted by Crippen LogP contribution is 2.45. The van der Waals surface area contributed by atoms with Gasteiger partial charge in [-0.1, -0.05) is 49.4 Å². The van der Waals surface area contributed by atoms with E-state index in [0.717, 1.165) is 24.1 Å². The third-order valence-electron chi connectivity index (χ3n) is 5.97. The SMILES string of the molecule is C=C/C=C(F)\C=C/CNc1ccc(O[C@H](c2ccc(Cl)cc2)C(C)NC(=O)C2(C)CC2)cc1C=N. The van der Waals surface area contributed by atoms with Gasteiger partial charge in [-0.15, -0.1) is 0 Å². The molecule has 0 bridgehead atoms. The molecule has 3 rings (SSSR count). The van der Waals surface area contributed by atoms with Gasteiger partial charge in [0.05, 0.1) is 6.04 Å². The van der Waals surface area contributed by atoms with Gasteiger partial charge in [0.15, 0.2) is 0 Å². The number of carbonyl (C=O) groups is 1. The van der Waals surface area contributed by atoms with Crippen LogP contribution in [0.25, 0.3) is 0 Å². The van der Waals surface area contributed by atoms with Crippen LogP contribution in [0.1, 0.15) is 43.9 Å². The van der Waals surface area contributed by atoms with Crippen LogP contribution in [0.4, 0.5) is 10.1 Å². The minimum atomic E-state index is -0.460. The molecule has 1 aliphatic rings. The molecular weight excluding hydrogens is 465 g/mol. The Labute approximate surface area is 211 Å². The van der Waals surface area contributed by atoms with Gasteiger partial charge in [-0.25, -0.2) is 4.39 Å². The summed E-state index contributed by atoms with van der Waals surface area (Å²) in [6, 6.07) is 12.4. The lowest BCUT2D eigenvalue weighted by molar-refractivity contribution is -0.127. The first-order valence-corrected chi connectivity index (χ1v) is 11.9. The summed E-state index contributed by atoms with van der Waals surface area (Å²) in [5, 5.41) is 14.7. The number of hydrogen-bond acceptors (Lipinski definition) is 4. The fourth-order valence-corrected chi connectivity index (χ4v) is 3.66. The number of anilines is 1. The van der Waals surface area contributed by atoms with Crippen LogP contribution in [0.15, 0.2) is 79.2 Å². The predicted octanol–water partition coefficient (Wildman–Crippen LogP) is 6.77. The molecule has 1 amide bonds. The van der Waals surface area contributed by atoms with E-state index >= 15 is 0 Å². The Bertz CT molecular complexity index is 1120. The van der Waals surface area contributed by atoms with Gasteiger partial charge in [0, 0.05) is 34.4 Å². The van der Waals surface area contributed by atoms with Crippen molar-refractivity contribution in [1.82, 2.24) is 5.32 Å². The molecule has 1 fully saturated rings. The Morgan fingerprint density at radius 1 is 1.29 bits per heavy atom. The molecule has 35 heavy (non-hydrogen) atoms. The number of allylic oxidation sites excluding steroid dienone is 4. The summed E-state index contributed by atoms with van der Waals surface area (Å²) >= 11 is 6.08. The zero-order valence-electron chi connectivity index (χ0n) is 20.0. The van der Waals surface area contributed by atoms with Gasteiger partial charge < -0.3 is 20.8 Å². The van der Waals surface area contributed by atoms with Crippen LogP contribution in [0, 0.1) is 10.8 Å². The van der Waals surface area contributed by atoms with Gasteiger partial charge in [0.1, 0.15) is 17.7 Å². The molecule has 2 atom stereocenters. The molecule has 184 valence electrons. The molecule has 0 aromatic heterocycles. The van der Waals surface area contributed by atoms with E-state index in [2.05, 4.69) is 17.2 Å². The van der Waals surface area contributed by atoms with Gasteiger partial charge in [-0.05, 0) is 67.8 Å². The van der Waals surface area contributed by atoms with Crippen LogP contribution >= 0.6 is 11.6 Å². The van der Waals surface area contributed by atoms with Gasteiger partial charge in [0.2, 0.25) is 5.91 Å². The molecular formula is C28H31ClFN3O2. The molecule has 7 heteroatoms. The van der Waals surface area contributed by atoms with Crippen LogP contribution in [-0.4, -0.2) is 24.7 Å². The lowest BCUT2D eigenvalue weighted by Gasteiger charge is -2.28. The number of rotatable bonds is 12. The zero-order chi connectivity index (χ0) is 25.4. The molecule has 0 aliphatic heterocycles. The molecule has 0 saturated heterocycles. The molecule has 0 heterocycles. The summed E-state index contributed by atoms with van der Waals surface area (Å²) in [5.41, 5.74) is 1.92. The van der Waals surface area contributed by atoms with Gasteiger partial charge in [0.25, 0.3) is 0 Å². The second-order valence-corrected chi connectivity index (χ2v) is 9.31. The maximum absolute atomic E-state index is 13.4. The highest BCUT2D eigenvalue weighted by atomic mass is 35.5. The van der Waals surface area contributed by atoms with Crippen LogP contribution < -0.4 is 15.4 Å². The monoisotopic (exact) mass is 495 g/mol. The number of amides is 1. The number of halogens is 2. The van der Waals surface area contributed by atoms with Crippen molar-refractivity contribution < 1.29 is 13.9 Å². The summed E-state index contributed by atoms with van der Waals surface area (Å²) in [6.45, 7) is 7.73. The number of benzene rings is 2. The maximum atomic E-state index is 13.4. The second kappa shape index (κ2) is 11.8. The average Bonchev–Trinajstić information content (AvgIpc) is 3.60.